The Hall–Kier alpha value is -4.01. The molecule has 0 radical (unpaired) electrons. The molecular formula is C28H23N2O2P. The van der Waals surface area contributed by atoms with Crippen LogP contribution >= 0.6 is 9.24 Å². The smallest absolute Gasteiger partial charge is 0.141 e. The highest BCUT2D eigenvalue weighted by Crippen LogP contribution is 2.25. The normalized spacial score (nSPS) is 11.7. The number of hydrogen-bond acceptors (Lipinski definition) is 4. The minimum Gasteiger partial charge on any atom is -0.506 e. The molecule has 0 fully saturated rings. The molecular weight excluding hydrogens is 427 g/mol. The van der Waals surface area contributed by atoms with E-state index in [-0.39, 0.29) is 11.5 Å². The number of para-hydroxylation sites is 2. The summed E-state index contributed by atoms with van der Waals surface area (Å²) in [5.41, 5.74) is 5.15. The van der Waals surface area contributed by atoms with Gasteiger partial charge < -0.3 is 10.2 Å². The van der Waals surface area contributed by atoms with Gasteiger partial charge in [-0.1, -0.05) is 78.9 Å². The zero-order chi connectivity index (χ0) is 23.0. The Bertz CT molecular complexity index is 1330. The maximum atomic E-state index is 9.95. The Morgan fingerprint density at radius 3 is 1.55 bits per heavy atom. The van der Waals surface area contributed by atoms with Crippen molar-refractivity contribution in [2.75, 3.05) is 0 Å². The van der Waals surface area contributed by atoms with Crippen LogP contribution in [0, 0.1) is 0 Å². The van der Waals surface area contributed by atoms with Crippen molar-refractivity contribution in [3.8, 4) is 11.5 Å². The molecule has 4 nitrogen and oxygen atoms in total. The van der Waals surface area contributed by atoms with Crippen molar-refractivity contribution < 1.29 is 10.2 Å². The third-order valence-corrected chi connectivity index (χ3v) is 5.29. The lowest BCUT2D eigenvalue weighted by atomic mass is 10.1. The average molecular weight is 450 g/mol. The Morgan fingerprint density at radius 2 is 1.03 bits per heavy atom. The first kappa shape index (κ1) is 22.2. The van der Waals surface area contributed by atoms with Crippen LogP contribution in [0.25, 0.3) is 12.2 Å². The zero-order valence-electron chi connectivity index (χ0n) is 17.8. The monoisotopic (exact) mass is 450 g/mol. The topological polar surface area (TPSA) is 65.2 Å². The highest BCUT2D eigenvalue weighted by atomic mass is 31.0. The van der Waals surface area contributed by atoms with Crippen molar-refractivity contribution in [2.45, 2.75) is 0 Å². The number of phenolic OH excluding ortho intramolecular Hbond substituents is 2. The van der Waals surface area contributed by atoms with Crippen LogP contribution < -0.4 is 5.30 Å². The lowest BCUT2D eigenvalue weighted by molar-refractivity contribution is 0.476. The van der Waals surface area contributed by atoms with Gasteiger partial charge in [0.2, 0.25) is 0 Å². The number of rotatable bonds is 6. The van der Waals surface area contributed by atoms with Crippen LogP contribution in [-0.2, 0) is 0 Å². The summed E-state index contributed by atoms with van der Waals surface area (Å²) < 4.78 is 0. The molecule has 4 aromatic rings. The molecule has 5 heteroatoms. The van der Waals surface area contributed by atoms with E-state index in [1.54, 1.807) is 42.8 Å². The van der Waals surface area contributed by atoms with Gasteiger partial charge in [-0.05, 0) is 51.8 Å². The molecule has 0 aliphatic heterocycles. The van der Waals surface area contributed by atoms with Gasteiger partial charge in [-0.25, -0.2) is 0 Å². The lowest BCUT2D eigenvalue weighted by Crippen LogP contribution is -1.87. The minimum absolute atomic E-state index is 0.161. The lowest BCUT2D eigenvalue weighted by Gasteiger charge is -2.00. The Kier molecular flexibility index (Phi) is 7.09. The van der Waals surface area contributed by atoms with Gasteiger partial charge in [-0.15, -0.1) is 9.24 Å². The first-order valence-corrected chi connectivity index (χ1v) is 11.0. The molecule has 0 saturated heterocycles. The van der Waals surface area contributed by atoms with E-state index in [0.717, 1.165) is 27.6 Å². The molecule has 0 aromatic heterocycles. The van der Waals surface area contributed by atoms with Gasteiger partial charge in [-0.2, -0.15) is 0 Å². The second-order valence-electron chi connectivity index (χ2n) is 7.42. The summed E-state index contributed by atoms with van der Waals surface area (Å²) in [5, 5.41) is 20.7. The van der Waals surface area contributed by atoms with E-state index in [1.165, 1.54) is 0 Å². The van der Waals surface area contributed by atoms with Crippen molar-refractivity contribution >= 4 is 50.5 Å². The molecule has 0 aliphatic carbocycles. The molecule has 0 amide bonds. The summed E-state index contributed by atoms with van der Waals surface area (Å²) in [6, 6.07) is 28.4. The van der Waals surface area contributed by atoms with E-state index in [0.29, 0.717) is 11.4 Å². The summed E-state index contributed by atoms with van der Waals surface area (Å²) >= 11 is 0. The van der Waals surface area contributed by atoms with E-state index < -0.39 is 0 Å². The summed E-state index contributed by atoms with van der Waals surface area (Å²) in [6.07, 6.45) is 7.57. The largest absolute Gasteiger partial charge is 0.506 e. The maximum Gasteiger partial charge on any atom is 0.141 e. The predicted molar refractivity (Wildman–Crippen MR) is 142 cm³/mol. The number of hydrogen-bond donors (Lipinski definition) is 2. The van der Waals surface area contributed by atoms with Crippen LogP contribution in [0.3, 0.4) is 0 Å². The van der Waals surface area contributed by atoms with Gasteiger partial charge >= 0.3 is 0 Å². The molecule has 1 unspecified atom stereocenters. The molecule has 0 bridgehead atoms. The minimum atomic E-state index is 0.161. The number of nitrogens with zero attached hydrogens (tertiary/aromatic N) is 2. The number of phenols is 2. The number of benzene rings is 4. The summed E-state index contributed by atoms with van der Waals surface area (Å²) in [7, 11) is 2.55. The zero-order valence-corrected chi connectivity index (χ0v) is 19.0. The van der Waals surface area contributed by atoms with Crippen molar-refractivity contribution in [2.24, 2.45) is 9.98 Å². The highest BCUT2D eigenvalue weighted by molar-refractivity contribution is 7.27. The molecule has 0 heterocycles. The quantitative estimate of drug-likeness (QED) is 0.207. The van der Waals surface area contributed by atoms with Crippen LogP contribution in [0.15, 0.2) is 101 Å². The fraction of sp³-hybridized carbons (Fsp3) is 0. The summed E-state index contributed by atoms with van der Waals surface area (Å²) in [6.45, 7) is 0. The SMILES string of the molecule is Oc1ccccc1N=Cc1ccc(/C=C/c2ccc(C=Nc3ccc(P)cc3O)cc2)cc1. The highest BCUT2D eigenvalue weighted by Gasteiger charge is 1.99. The molecule has 4 rings (SSSR count). The first-order valence-electron chi connectivity index (χ1n) is 10.4. The van der Waals surface area contributed by atoms with E-state index in [2.05, 4.69) is 31.4 Å². The third kappa shape index (κ3) is 6.25. The van der Waals surface area contributed by atoms with Gasteiger partial charge in [0.1, 0.15) is 22.9 Å². The Labute approximate surface area is 195 Å². The van der Waals surface area contributed by atoms with Crippen molar-refractivity contribution in [1.29, 1.82) is 0 Å². The van der Waals surface area contributed by atoms with E-state index >= 15 is 0 Å². The van der Waals surface area contributed by atoms with Gasteiger partial charge in [0.25, 0.3) is 0 Å². The molecule has 1 atom stereocenters. The molecule has 33 heavy (non-hydrogen) atoms. The van der Waals surface area contributed by atoms with Crippen LogP contribution in [-0.4, -0.2) is 22.6 Å². The van der Waals surface area contributed by atoms with Gasteiger partial charge in [0.05, 0.1) is 0 Å². The number of aliphatic imine (C=N–C) groups is 2. The van der Waals surface area contributed by atoms with E-state index in [1.807, 2.05) is 60.7 Å². The number of aromatic hydroxyl groups is 2. The second kappa shape index (κ2) is 10.5. The molecule has 2 N–H and O–H groups in total. The van der Waals surface area contributed by atoms with Gasteiger partial charge in [0, 0.05) is 12.4 Å². The first-order chi connectivity index (χ1) is 16.1. The van der Waals surface area contributed by atoms with Crippen LogP contribution in [0.5, 0.6) is 11.5 Å². The fourth-order valence-corrected chi connectivity index (χ4v) is 3.34. The second-order valence-corrected chi connectivity index (χ2v) is 8.09. The van der Waals surface area contributed by atoms with Crippen LogP contribution in [0.1, 0.15) is 22.3 Å². The Morgan fingerprint density at radius 1 is 0.545 bits per heavy atom. The standard InChI is InChI=1S/C28H23N2O2P/c31-27-4-2-1-3-25(27)29-18-22-11-7-20(8-12-22)5-6-21-9-13-23(14-10-21)19-30-26-16-15-24(33)17-28(26)32/h1-19,31-32H,33H2/b6-5+,29-18?,30-19?. The summed E-state index contributed by atoms with van der Waals surface area (Å²) in [4.78, 5) is 8.69. The molecule has 162 valence electrons. The molecule has 0 spiro atoms. The van der Waals surface area contributed by atoms with Gasteiger partial charge in [0.15, 0.2) is 0 Å². The van der Waals surface area contributed by atoms with Crippen LogP contribution in [0.4, 0.5) is 11.4 Å². The van der Waals surface area contributed by atoms with Crippen molar-refractivity contribution in [3.05, 3.63) is 113 Å². The van der Waals surface area contributed by atoms with Crippen LogP contribution in [0.2, 0.25) is 0 Å². The fourth-order valence-electron chi connectivity index (χ4n) is 3.09. The summed E-state index contributed by atoms with van der Waals surface area (Å²) in [5.74, 6) is 0.326. The maximum absolute atomic E-state index is 9.95. The predicted octanol–water partition coefficient (Wildman–Crippen LogP) is 6.27. The van der Waals surface area contributed by atoms with E-state index in [4.69, 9.17) is 0 Å². The Balaban J connectivity index is 1.38. The third-order valence-electron chi connectivity index (χ3n) is 4.93. The molecule has 4 aromatic carbocycles. The molecule has 0 saturated carbocycles. The van der Waals surface area contributed by atoms with Crippen molar-refractivity contribution in [1.82, 2.24) is 0 Å². The van der Waals surface area contributed by atoms with Gasteiger partial charge in [-0.3, -0.25) is 9.98 Å². The van der Waals surface area contributed by atoms with Crippen molar-refractivity contribution in [3.63, 3.8) is 0 Å². The average Bonchev–Trinajstić information content (AvgIpc) is 2.83. The molecule has 0 aliphatic rings. The van der Waals surface area contributed by atoms with E-state index in [9.17, 15) is 10.2 Å².